The molecule has 0 unspecified atom stereocenters. The molecule has 1 rings (SSSR count). The van der Waals surface area contributed by atoms with Crippen molar-refractivity contribution in [2.75, 3.05) is 0 Å². The van der Waals surface area contributed by atoms with Crippen molar-refractivity contribution in [1.29, 1.82) is 0 Å². The van der Waals surface area contributed by atoms with Gasteiger partial charge in [0.05, 0.1) is 6.61 Å². The molecular formula is C8H8BrF2NO. The lowest BCUT2D eigenvalue weighted by atomic mass is 10.1. The van der Waals surface area contributed by atoms with E-state index in [4.69, 9.17) is 5.90 Å². The minimum Gasteiger partial charge on any atom is -0.300 e. The summed E-state index contributed by atoms with van der Waals surface area (Å²) in [5.74, 6) is 4.82. The van der Waals surface area contributed by atoms with Gasteiger partial charge in [-0.1, -0.05) is 22.0 Å². The molecule has 0 fully saturated rings. The van der Waals surface area contributed by atoms with Gasteiger partial charge in [0, 0.05) is 10.0 Å². The number of benzene rings is 1. The Hall–Kier alpha value is -0.520. The zero-order valence-corrected chi connectivity index (χ0v) is 8.22. The molecule has 0 spiro atoms. The molecule has 1 aromatic carbocycles. The van der Waals surface area contributed by atoms with Crippen LogP contribution in [0.1, 0.15) is 17.6 Å². The van der Waals surface area contributed by atoms with Crippen LogP contribution in [0.15, 0.2) is 22.7 Å². The van der Waals surface area contributed by atoms with Gasteiger partial charge in [0.1, 0.15) is 0 Å². The Balaban J connectivity index is 3.03. The molecule has 72 valence electrons. The van der Waals surface area contributed by atoms with Crippen LogP contribution in [0.25, 0.3) is 0 Å². The zero-order chi connectivity index (χ0) is 9.84. The van der Waals surface area contributed by atoms with Crippen molar-refractivity contribution in [1.82, 2.24) is 0 Å². The molecule has 0 aromatic heterocycles. The molecule has 2 N–H and O–H groups in total. The van der Waals surface area contributed by atoms with Crippen LogP contribution in [0.2, 0.25) is 0 Å². The van der Waals surface area contributed by atoms with E-state index in [-0.39, 0.29) is 12.2 Å². The molecule has 1 aromatic rings. The SMILES string of the molecule is NOCc1cc(Br)ccc1C(F)F. The minimum atomic E-state index is -2.50. The highest BCUT2D eigenvalue weighted by Crippen LogP contribution is 2.26. The van der Waals surface area contributed by atoms with Gasteiger partial charge in [-0.15, -0.1) is 0 Å². The van der Waals surface area contributed by atoms with Crippen molar-refractivity contribution in [3.63, 3.8) is 0 Å². The van der Waals surface area contributed by atoms with E-state index >= 15 is 0 Å². The summed E-state index contributed by atoms with van der Waals surface area (Å²) < 4.78 is 25.5. The highest BCUT2D eigenvalue weighted by molar-refractivity contribution is 9.10. The van der Waals surface area contributed by atoms with Gasteiger partial charge in [-0.2, -0.15) is 0 Å². The Morgan fingerprint density at radius 1 is 1.46 bits per heavy atom. The van der Waals surface area contributed by atoms with E-state index < -0.39 is 6.43 Å². The fourth-order valence-corrected chi connectivity index (χ4v) is 1.41. The van der Waals surface area contributed by atoms with Crippen molar-refractivity contribution in [3.8, 4) is 0 Å². The maximum atomic E-state index is 12.4. The van der Waals surface area contributed by atoms with Gasteiger partial charge >= 0.3 is 0 Å². The fourth-order valence-electron chi connectivity index (χ4n) is 1.00. The van der Waals surface area contributed by atoms with E-state index in [0.29, 0.717) is 5.56 Å². The van der Waals surface area contributed by atoms with Gasteiger partial charge in [0.2, 0.25) is 0 Å². The third-order valence-corrected chi connectivity index (χ3v) is 2.07. The van der Waals surface area contributed by atoms with E-state index in [0.717, 1.165) is 4.47 Å². The van der Waals surface area contributed by atoms with E-state index in [1.165, 1.54) is 6.07 Å². The Morgan fingerprint density at radius 3 is 2.69 bits per heavy atom. The molecule has 0 saturated carbocycles. The lowest BCUT2D eigenvalue weighted by Gasteiger charge is -2.07. The third kappa shape index (κ3) is 2.72. The molecule has 0 aliphatic carbocycles. The summed E-state index contributed by atoms with van der Waals surface area (Å²) in [6.45, 7) is -0.0148. The maximum absolute atomic E-state index is 12.4. The molecule has 5 heteroatoms. The van der Waals surface area contributed by atoms with Crippen LogP contribution < -0.4 is 5.90 Å². The Labute approximate surface area is 82.8 Å². The lowest BCUT2D eigenvalue weighted by Crippen LogP contribution is -2.02. The van der Waals surface area contributed by atoms with E-state index in [1.54, 1.807) is 12.1 Å². The molecule has 0 radical (unpaired) electrons. The highest BCUT2D eigenvalue weighted by atomic mass is 79.9. The first-order valence-corrected chi connectivity index (χ1v) is 4.32. The predicted molar refractivity (Wildman–Crippen MR) is 48.1 cm³/mol. The van der Waals surface area contributed by atoms with Crippen molar-refractivity contribution in [3.05, 3.63) is 33.8 Å². The topological polar surface area (TPSA) is 35.2 Å². The second-order valence-corrected chi connectivity index (χ2v) is 3.37. The summed E-state index contributed by atoms with van der Waals surface area (Å²) in [4.78, 5) is 4.32. The third-order valence-electron chi connectivity index (χ3n) is 1.58. The van der Waals surface area contributed by atoms with Crippen molar-refractivity contribution in [2.45, 2.75) is 13.0 Å². The molecule has 0 amide bonds. The van der Waals surface area contributed by atoms with Crippen LogP contribution in [0, 0.1) is 0 Å². The Kier molecular flexibility index (Phi) is 3.77. The number of hydrogen-bond donors (Lipinski definition) is 1. The smallest absolute Gasteiger partial charge is 0.264 e. The van der Waals surface area contributed by atoms with E-state index in [2.05, 4.69) is 20.8 Å². The number of nitrogens with two attached hydrogens (primary N) is 1. The summed E-state index contributed by atoms with van der Waals surface area (Å²) in [5, 5.41) is 0. The quantitative estimate of drug-likeness (QED) is 0.839. The van der Waals surface area contributed by atoms with Gasteiger partial charge in [-0.3, -0.25) is 4.84 Å². The number of alkyl halides is 2. The van der Waals surface area contributed by atoms with Crippen molar-refractivity contribution in [2.24, 2.45) is 5.90 Å². The van der Waals surface area contributed by atoms with Gasteiger partial charge < -0.3 is 0 Å². The van der Waals surface area contributed by atoms with E-state index in [9.17, 15) is 8.78 Å². The van der Waals surface area contributed by atoms with Crippen LogP contribution in [0.5, 0.6) is 0 Å². The van der Waals surface area contributed by atoms with E-state index in [1.807, 2.05) is 0 Å². The summed E-state index contributed by atoms with van der Waals surface area (Å²) in [5.41, 5.74) is 0.348. The van der Waals surface area contributed by atoms with Crippen LogP contribution >= 0.6 is 15.9 Å². The molecule has 0 aliphatic rings. The van der Waals surface area contributed by atoms with Crippen LogP contribution in [0.3, 0.4) is 0 Å². The summed E-state index contributed by atoms with van der Waals surface area (Å²) in [6, 6.07) is 4.47. The molecular weight excluding hydrogens is 244 g/mol. The van der Waals surface area contributed by atoms with Crippen LogP contribution in [-0.2, 0) is 11.4 Å². The van der Waals surface area contributed by atoms with Gasteiger partial charge in [-0.05, 0) is 17.7 Å². The van der Waals surface area contributed by atoms with Crippen LogP contribution in [0.4, 0.5) is 8.78 Å². The first kappa shape index (κ1) is 10.6. The first-order valence-electron chi connectivity index (χ1n) is 3.53. The summed E-state index contributed by atoms with van der Waals surface area (Å²) in [7, 11) is 0. The average Bonchev–Trinajstić information content (AvgIpc) is 2.04. The molecule has 0 saturated heterocycles. The van der Waals surface area contributed by atoms with Gasteiger partial charge in [0.25, 0.3) is 6.43 Å². The molecule has 0 atom stereocenters. The number of rotatable bonds is 3. The maximum Gasteiger partial charge on any atom is 0.264 e. The number of hydrogen-bond acceptors (Lipinski definition) is 2. The molecule has 13 heavy (non-hydrogen) atoms. The van der Waals surface area contributed by atoms with Gasteiger partial charge in [-0.25, -0.2) is 14.7 Å². The second-order valence-electron chi connectivity index (χ2n) is 2.45. The molecule has 0 aliphatic heterocycles. The fraction of sp³-hybridized carbons (Fsp3) is 0.250. The van der Waals surface area contributed by atoms with Gasteiger partial charge in [0.15, 0.2) is 0 Å². The standard InChI is InChI=1S/C8H8BrF2NO/c9-6-1-2-7(8(10)11)5(3-6)4-13-12/h1-3,8H,4,12H2. The van der Waals surface area contributed by atoms with Crippen molar-refractivity contribution < 1.29 is 13.6 Å². The monoisotopic (exact) mass is 251 g/mol. The predicted octanol–water partition coefficient (Wildman–Crippen LogP) is 2.78. The lowest BCUT2D eigenvalue weighted by molar-refractivity contribution is 0.114. The summed E-state index contributed by atoms with van der Waals surface area (Å²) in [6.07, 6.45) is -2.50. The van der Waals surface area contributed by atoms with Crippen LogP contribution in [-0.4, -0.2) is 0 Å². The molecule has 2 nitrogen and oxygen atoms in total. The minimum absolute atomic E-state index is 0.0148. The highest BCUT2D eigenvalue weighted by Gasteiger charge is 2.12. The Bertz CT molecular complexity index is 293. The Morgan fingerprint density at radius 2 is 2.15 bits per heavy atom. The first-order chi connectivity index (χ1) is 6.15. The molecule has 0 bridgehead atoms. The largest absolute Gasteiger partial charge is 0.300 e. The summed E-state index contributed by atoms with van der Waals surface area (Å²) >= 11 is 3.17. The normalized spacial score (nSPS) is 10.8. The zero-order valence-electron chi connectivity index (χ0n) is 6.64. The molecule has 0 heterocycles. The van der Waals surface area contributed by atoms with Crippen molar-refractivity contribution >= 4 is 15.9 Å². The number of halogens is 3. The average molecular weight is 252 g/mol. The second kappa shape index (κ2) is 4.64.